The van der Waals surface area contributed by atoms with Gasteiger partial charge < -0.3 is 10.1 Å². The molecule has 0 bridgehead atoms. The number of benzene rings is 2. The molecule has 8 nitrogen and oxygen atoms in total. The Morgan fingerprint density at radius 2 is 1.67 bits per heavy atom. The number of hydrogen-bond donors (Lipinski definition) is 1. The van der Waals surface area contributed by atoms with Crippen molar-refractivity contribution in [2.75, 3.05) is 29.9 Å². The zero-order valence-corrected chi connectivity index (χ0v) is 17.6. The highest BCUT2D eigenvalue weighted by Gasteiger charge is 2.33. The molecule has 0 unspecified atom stereocenters. The van der Waals surface area contributed by atoms with E-state index in [-0.39, 0.29) is 48.6 Å². The lowest BCUT2D eigenvalue weighted by Gasteiger charge is -2.34. The van der Waals surface area contributed by atoms with Gasteiger partial charge in [0.1, 0.15) is 6.54 Å². The van der Waals surface area contributed by atoms with Crippen LogP contribution in [0.4, 0.5) is 11.4 Å². The normalized spacial score (nSPS) is 22.3. The van der Waals surface area contributed by atoms with E-state index in [0.29, 0.717) is 16.9 Å². The van der Waals surface area contributed by atoms with E-state index in [9.17, 15) is 18.0 Å². The van der Waals surface area contributed by atoms with Gasteiger partial charge in [0.25, 0.3) is 5.91 Å². The summed E-state index contributed by atoms with van der Waals surface area (Å²) >= 11 is 0. The summed E-state index contributed by atoms with van der Waals surface area (Å²) in [5.41, 5.74) is 1.48. The first kappa shape index (κ1) is 20.5. The second kappa shape index (κ2) is 7.82. The lowest BCUT2D eigenvalue weighted by Crippen LogP contribution is -2.48. The number of sulfonamides is 1. The standard InChI is InChI=1S/C21H23N3O5S/c1-14-11-23(12-15(2)29-14)30(27,28)17-9-7-16(8-10-17)21(26)24-13-20(25)22-18-5-3-4-6-19(18)24/h3-10,14-15H,11-13H2,1-2H3,(H,22,25)/t14-,15+. The molecule has 0 radical (unpaired) electrons. The first-order valence-corrected chi connectivity index (χ1v) is 11.2. The van der Waals surface area contributed by atoms with E-state index in [4.69, 9.17) is 4.74 Å². The van der Waals surface area contributed by atoms with Crippen molar-refractivity contribution >= 4 is 33.2 Å². The van der Waals surface area contributed by atoms with Gasteiger partial charge in [-0.1, -0.05) is 12.1 Å². The smallest absolute Gasteiger partial charge is 0.258 e. The molecule has 0 aliphatic carbocycles. The largest absolute Gasteiger partial charge is 0.373 e. The lowest BCUT2D eigenvalue weighted by atomic mass is 10.1. The fraction of sp³-hybridized carbons (Fsp3) is 0.333. The van der Waals surface area contributed by atoms with Crippen molar-refractivity contribution in [3.8, 4) is 0 Å². The number of ether oxygens (including phenoxy) is 1. The molecular weight excluding hydrogens is 406 g/mol. The number of carbonyl (C=O) groups excluding carboxylic acids is 2. The van der Waals surface area contributed by atoms with E-state index in [1.54, 1.807) is 24.3 Å². The van der Waals surface area contributed by atoms with E-state index in [1.807, 2.05) is 13.8 Å². The molecule has 2 aliphatic heterocycles. The summed E-state index contributed by atoms with van der Waals surface area (Å²) in [6.45, 7) is 4.15. The third-order valence-corrected chi connectivity index (χ3v) is 6.99. The molecule has 2 aliphatic rings. The molecule has 2 atom stereocenters. The molecule has 2 aromatic rings. The van der Waals surface area contributed by atoms with E-state index in [1.165, 1.54) is 33.5 Å². The molecule has 2 amide bonds. The first-order chi connectivity index (χ1) is 14.3. The Morgan fingerprint density at radius 1 is 1.03 bits per heavy atom. The Balaban J connectivity index is 1.58. The van der Waals surface area contributed by atoms with Crippen LogP contribution in [0.25, 0.3) is 0 Å². The van der Waals surface area contributed by atoms with Crippen LogP contribution in [-0.2, 0) is 19.6 Å². The quantitative estimate of drug-likeness (QED) is 0.806. The Labute approximate surface area is 175 Å². The first-order valence-electron chi connectivity index (χ1n) is 9.72. The number of para-hydroxylation sites is 2. The second-order valence-electron chi connectivity index (χ2n) is 7.56. The van der Waals surface area contributed by atoms with Crippen LogP contribution in [0.1, 0.15) is 24.2 Å². The van der Waals surface area contributed by atoms with Gasteiger partial charge in [0.15, 0.2) is 0 Å². The highest BCUT2D eigenvalue weighted by atomic mass is 32.2. The molecule has 30 heavy (non-hydrogen) atoms. The molecule has 158 valence electrons. The summed E-state index contributed by atoms with van der Waals surface area (Å²) in [5, 5.41) is 2.74. The summed E-state index contributed by atoms with van der Waals surface area (Å²) < 4.78 is 33.0. The zero-order valence-electron chi connectivity index (χ0n) is 16.7. The maximum atomic E-state index is 13.0. The van der Waals surface area contributed by atoms with Gasteiger partial charge in [-0.15, -0.1) is 0 Å². The van der Waals surface area contributed by atoms with Gasteiger partial charge in [0.05, 0.1) is 28.5 Å². The number of nitrogens with one attached hydrogen (secondary N) is 1. The fourth-order valence-corrected chi connectivity index (χ4v) is 5.41. The van der Waals surface area contributed by atoms with Crippen LogP contribution in [0.3, 0.4) is 0 Å². The van der Waals surface area contributed by atoms with E-state index in [0.717, 1.165) is 0 Å². The number of carbonyl (C=O) groups is 2. The molecule has 0 aromatic heterocycles. The third-order valence-electron chi connectivity index (χ3n) is 5.14. The molecule has 1 fully saturated rings. The van der Waals surface area contributed by atoms with Crippen LogP contribution in [0, 0.1) is 0 Å². The minimum Gasteiger partial charge on any atom is -0.373 e. The van der Waals surface area contributed by atoms with Crippen molar-refractivity contribution in [2.24, 2.45) is 0 Å². The van der Waals surface area contributed by atoms with Gasteiger partial charge in [0, 0.05) is 18.7 Å². The Bertz CT molecular complexity index is 1070. The highest BCUT2D eigenvalue weighted by molar-refractivity contribution is 7.89. The van der Waals surface area contributed by atoms with E-state index in [2.05, 4.69) is 5.32 Å². The zero-order chi connectivity index (χ0) is 21.5. The molecule has 2 aromatic carbocycles. The van der Waals surface area contributed by atoms with Gasteiger partial charge in [-0.2, -0.15) is 4.31 Å². The second-order valence-corrected chi connectivity index (χ2v) is 9.50. The molecule has 0 saturated carbocycles. The van der Waals surface area contributed by atoms with Gasteiger partial charge >= 0.3 is 0 Å². The van der Waals surface area contributed by atoms with Crippen LogP contribution in [-0.4, -0.2) is 56.4 Å². The van der Waals surface area contributed by atoms with Crippen LogP contribution < -0.4 is 10.2 Å². The van der Waals surface area contributed by atoms with Gasteiger partial charge in [0.2, 0.25) is 15.9 Å². The molecule has 9 heteroatoms. The van der Waals surface area contributed by atoms with Crippen molar-refractivity contribution in [3.63, 3.8) is 0 Å². The summed E-state index contributed by atoms with van der Waals surface area (Å²) in [7, 11) is -3.69. The lowest BCUT2D eigenvalue weighted by molar-refractivity contribution is -0.115. The molecule has 1 saturated heterocycles. The number of anilines is 2. The Kier molecular flexibility index (Phi) is 5.35. The number of fused-ring (bicyclic) bond motifs is 1. The van der Waals surface area contributed by atoms with Crippen LogP contribution >= 0.6 is 0 Å². The number of nitrogens with zero attached hydrogens (tertiary/aromatic N) is 2. The SMILES string of the molecule is C[C@@H]1CN(S(=O)(=O)c2ccc(C(=O)N3CC(=O)Nc4ccccc43)cc2)C[C@H](C)O1. The van der Waals surface area contributed by atoms with Crippen molar-refractivity contribution < 1.29 is 22.7 Å². The van der Waals surface area contributed by atoms with Gasteiger partial charge in [-0.3, -0.25) is 14.5 Å². The van der Waals surface area contributed by atoms with E-state index >= 15 is 0 Å². The minimum absolute atomic E-state index is 0.0978. The predicted octanol–water partition coefficient (Wildman–Crippen LogP) is 2.08. The average Bonchev–Trinajstić information content (AvgIpc) is 2.72. The maximum Gasteiger partial charge on any atom is 0.258 e. The summed E-state index contributed by atoms with van der Waals surface area (Å²) in [6.07, 6.45) is -0.371. The van der Waals surface area contributed by atoms with Crippen LogP contribution in [0.5, 0.6) is 0 Å². The summed E-state index contributed by atoms with van der Waals surface area (Å²) in [4.78, 5) is 26.5. The monoisotopic (exact) mass is 429 g/mol. The highest BCUT2D eigenvalue weighted by Crippen LogP contribution is 2.30. The summed E-state index contributed by atoms with van der Waals surface area (Å²) in [5.74, 6) is -0.647. The number of hydrogen-bond acceptors (Lipinski definition) is 5. The molecular formula is C21H23N3O5S. The molecule has 4 rings (SSSR count). The van der Waals surface area contributed by atoms with Gasteiger partial charge in [-0.25, -0.2) is 8.42 Å². The van der Waals surface area contributed by atoms with Crippen molar-refractivity contribution in [2.45, 2.75) is 31.0 Å². The molecule has 0 spiro atoms. The number of amides is 2. The Hall–Kier alpha value is -2.75. The number of morpholine rings is 1. The fourth-order valence-electron chi connectivity index (χ4n) is 3.82. The third kappa shape index (κ3) is 3.83. The van der Waals surface area contributed by atoms with Crippen molar-refractivity contribution in [3.05, 3.63) is 54.1 Å². The van der Waals surface area contributed by atoms with Crippen LogP contribution in [0.2, 0.25) is 0 Å². The van der Waals surface area contributed by atoms with Crippen molar-refractivity contribution in [1.82, 2.24) is 4.31 Å². The average molecular weight is 429 g/mol. The van der Waals surface area contributed by atoms with Gasteiger partial charge in [-0.05, 0) is 50.2 Å². The molecule has 1 N–H and O–H groups in total. The summed E-state index contributed by atoms with van der Waals surface area (Å²) in [6, 6.07) is 12.9. The van der Waals surface area contributed by atoms with Crippen molar-refractivity contribution in [1.29, 1.82) is 0 Å². The van der Waals surface area contributed by atoms with Crippen LogP contribution in [0.15, 0.2) is 53.4 Å². The maximum absolute atomic E-state index is 13.0. The number of rotatable bonds is 3. The Morgan fingerprint density at radius 3 is 2.33 bits per heavy atom. The molecule has 2 heterocycles. The predicted molar refractivity (Wildman–Crippen MR) is 112 cm³/mol. The minimum atomic E-state index is -3.69. The van der Waals surface area contributed by atoms with E-state index < -0.39 is 10.0 Å². The topological polar surface area (TPSA) is 96.0 Å².